The minimum absolute atomic E-state index is 0.0587. The average Bonchev–Trinajstić information content (AvgIpc) is 3.39. The molecule has 7 nitrogen and oxygen atoms in total. The number of Topliss-reactive ketones (excluding diaryl/α,β-unsaturated/α-hetero) is 1. The maximum atomic E-state index is 13.2. The number of rotatable bonds is 9. The molecule has 0 saturated carbocycles. The summed E-state index contributed by atoms with van der Waals surface area (Å²) in [6.45, 7) is 2.00. The first-order valence-corrected chi connectivity index (χ1v) is 11.5. The van der Waals surface area contributed by atoms with E-state index in [1.165, 1.54) is 17.1 Å². The molecule has 1 aromatic heterocycles. The second kappa shape index (κ2) is 11.4. The summed E-state index contributed by atoms with van der Waals surface area (Å²) in [5.41, 5.74) is 4.33. The minimum Gasteiger partial charge on any atom is -0.342 e. The van der Waals surface area contributed by atoms with Crippen molar-refractivity contribution >= 4 is 29.4 Å². The number of benzene rings is 3. The van der Waals surface area contributed by atoms with E-state index < -0.39 is 6.04 Å². The summed E-state index contributed by atoms with van der Waals surface area (Å²) in [6, 6.07) is 22.0. The highest BCUT2D eigenvalue weighted by molar-refractivity contribution is 6.30. The van der Waals surface area contributed by atoms with E-state index in [2.05, 4.69) is 20.8 Å². The van der Waals surface area contributed by atoms with Crippen LogP contribution in [-0.4, -0.2) is 37.9 Å². The number of nitrogens with one attached hydrogen (secondary N) is 1. The quantitative estimate of drug-likeness (QED) is 0.359. The number of carbonyl (C=O) groups excluding carboxylic acids is 2. The fourth-order valence-corrected chi connectivity index (χ4v) is 3.83. The number of hydrogen-bond donors (Lipinski definition) is 1. The van der Waals surface area contributed by atoms with Crippen molar-refractivity contribution in [3.05, 3.63) is 112 Å². The molecule has 4 rings (SSSR count). The van der Waals surface area contributed by atoms with E-state index in [1.54, 1.807) is 24.3 Å². The maximum Gasteiger partial charge on any atom is 0.244 e. The molecule has 0 radical (unpaired) electrons. The molecule has 0 fully saturated rings. The van der Waals surface area contributed by atoms with Gasteiger partial charge in [-0.1, -0.05) is 71.8 Å². The van der Waals surface area contributed by atoms with Gasteiger partial charge in [-0.25, -0.2) is 0 Å². The highest BCUT2D eigenvalue weighted by Crippen LogP contribution is 2.20. The second-order valence-electron chi connectivity index (χ2n) is 8.17. The van der Waals surface area contributed by atoms with Gasteiger partial charge in [0.1, 0.15) is 6.33 Å². The summed E-state index contributed by atoms with van der Waals surface area (Å²) in [4.78, 5) is 26.1. The van der Waals surface area contributed by atoms with Crippen LogP contribution in [0.1, 0.15) is 22.3 Å². The Hall–Kier alpha value is -4.10. The Morgan fingerprint density at radius 2 is 1.80 bits per heavy atom. The highest BCUT2D eigenvalue weighted by atomic mass is 35.5. The molecule has 0 spiro atoms. The third-order valence-electron chi connectivity index (χ3n) is 5.49. The molecular weight excluding hydrogens is 462 g/mol. The predicted octanol–water partition coefficient (Wildman–Crippen LogP) is 4.18. The monoisotopic (exact) mass is 485 g/mol. The predicted molar refractivity (Wildman–Crippen MR) is 135 cm³/mol. The number of aryl methyl sites for hydroxylation is 1. The van der Waals surface area contributed by atoms with Gasteiger partial charge >= 0.3 is 0 Å². The molecule has 0 aliphatic heterocycles. The average molecular weight is 486 g/mol. The Labute approximate surface area is 208 Å². The van der Waals surface area contributed by atoms with E-state index in [-0.39, 0.29) is 18.1 Å². The van der Waals surface area contributed by atoms with E-state index in [9.17, 15) is 9.59 Å². The normalized spacial score (nSPS) is 11.9. The summed E-state index contributed by atoms with van der Waals surface area (Å²) in [7, 11) is 0. The Morgan fingerprint density at radius 3 is 2.51 bits per heavy atom. The molecule has 0 bridgehead atoms. The zero-order valence-corrected chi connectivity index (χ0v) is 19.9. The molecule has 0 saturated heterocycles. The molecule has 35 heavy (non-hydrogen) atoms. The fourth-order valence-electron chi connectivity index (χ4n) is 3.65. The van der Waals surface area contributed by atoms with E-state index in [4.69, 9.17) is 11.6 Å². The standard InChI is InChI=1S/C27H24ClN5O2/c1-19-7-9-21(10-8-19)16-26(34)24(15-20-5-3-2-4-6-20)30-27(35)14-11-22-17-23(28)12-13-25(22)33-18-29-31-32-33/h2-14,17-18,24H,15-16H2,1H3,(H,30,35)/b14-11+/t24-/m0/s1. The Morgan fingerprint density at radius 1 is 1.03 bits per heavy atom. The van der Waals surface area contributed by atoms with Crippen LogP contribution in [0.15, 0.2) is 85.2 Å². The number of halogens is 1. The molecule has 0 aliphatic rings. The van der Waals surface area contributed by atoms with Gasteiger partial charge in [0.2, 0.25) is 5.91 Å². The van der Waals surface area contributed by atoms with Crippen LogP contribution in [0.3, 0.4) is 0 Å². The molecule has 1 N–H and O–H groups in total. The summed E-state index contributed by atoms with van der Waals surface area (Å²) in [6.07, 6.45) is 5.11. The molecular formula is C27H24ClN5O2. The van der Waals surface area contributed by atoms with Crippen LogP contribution < -0.4 is 5.32 Å². The maximum absolute atomic E-state index is 13.2. The van der Waals surface area contributed by atoms with Gasteiger partial charge in [-0.2, -0.15) is 4.68 Å². The zero-order valence-electron chi connectivity index (χ0n) is 19.1. The number of carbonyl (C=O) groups is 2. The third kappa shape index (κ3) is 6.71. The van der Waals surface area contributed by atoms with Gasteiger partial charge in [-0.05, 0) is 59.2 Å². The van der Waals surface area contributed by atoms with E-state index in [1.807, 2.05) is 61.5 Å². The number of nitrogens with zero attached hydrogens (tertiary/aromatic N) is 4. The van der Waals surface area contributed by atoms with Crippen LogP contribution in [0.25, 0.3) is 11.8 Å². The zero-order chi connectivity index (χ0) is 24.6. The van der Waals surface area contributed by atoms with Crippen molar-refractivity contribution in [2.24, 2.45) is 0 Å². The summed E-state index contributed by atoms with van der Waals surface area (Å²) in [5, 5.41) is 14.6. The topological polar surface area (TPSA) is 89.8 Å². The van der Waals surface area contributed by atoms with Crippen molar-refractivity contribution in [3.8, 4) is 5.69 Å². The molecule has 3 aromatic carbocycles. The van der Waals surface area contributed by atoms with Gasteiger partial charge in [0.15, 0.2) is 5.78 Å². The van der Waals surface area contributed by atoms with Crippen LogP contribution in [0.4, 0.5) is 0 Å². The van der Waals surface area contributed by atoms with Gasteiger partial charge < -0.3 is 5.32 Å². The highest BCUT2D eigenvalue weighted by Gasteiger charge is 2.21. The van der Waals surface area contributed by atoms with Gasteiger partial charge in [0.05, 0.1) is 11.7 Å². The van der Waals surface area contributed by atoms with E-state index in [0.717, 1.165) is 16.7 Å². The van der Waals surface area contributed by atoms with Crippen LogP contribution in [0.2, 0.25) is 5.02 Å². The number of hydrogen-bond acceptors (Lipinski definition) is 5. The Bertz CT molecular complexity index is 1320. The Balaban J connectivity index is 1.52. The van der Waals surface area contributed by atoms with Gasteiger partial charge in [0.25, 0.3) is 0 Å². The molecule has 1 heterocycles. The van der Waals surface area contributed by atoms with Crippen LogP contribution in [-0.2, 0) is 22.4 Å². The smallest absolute Gasteiger partial charge is 0.244 e. The van der Waals surface area contributed by atoms with Crippen molar-refractivity contribution in [3.63, 3.8) is 0 Å². The van der Waals surface area contributed by atoms with Crippen molar-refractivity contribution in [1.82, 2.24) is 25.5 Å². The van der Waals surface area contributed by atoms with E-state index in [0.29, 0.717) is 22.7 Å². The number of aromatic nitrogens is 4. The van der Waals surface area contributed by atoms with Gasteiger partial charge in [-0.3, -0.25) is 9.59 Å². The molecule has 8 heteroatoms. The Kier molecular flexibility index (Phi) is 7.80. The lowest BCUT2D eigenvalue weighted by Crippen LogP contribution is -2.42. The van der Waals surface area contributed by atoms with Crippen LogP contribution >= 0.6 is 11.6 Å². The summed E-state index contributed by atoms with van der Waals surface area (Å²) >= 11 is 6.16. The molecule has 176 valence electrons. The number of amides is 1. The first-order valence-electron chi connectivity index (χ1n) is 11.1. The van der Waals surface area contributed by atoms with Crippen molar-refractivity contribution in [2.75, 3.05) is 0 Å². The number of ketones is 1. The molecule has 0 unspecified atom stereocenters. The largest absolute Gasteiger partial charge is 0.342 e. The lowest BCUT2D eigenvalue weighted by molar-refractivity contribution is -0.125. The van der Waals surface area contributed by atoms with Gasteiger partial charge in [0, 0.05) is 23.1 Å². The molecule has 0 aliphatic carbocycles. The summed E-state index contributed by atoms with van der Waals surface area (Å²) in [5.74, 6) is -0.442. The lowest BCUT2D eigenvalue weighted by atomic mass is 9.97. The first kappa shape index (κ1) is 24.0. The van der Waals surface area contributed by atoms with Crippen LogP contribution in [0, 0.1) is 6.92 Å². The number of tetrazole rings is 1. The van der Waals surface area contributed by atoms with Crippen molar-refractivity contribution in [1.29, 1.82) is 0 Å². The van der Waals surface area contributed by atoms with Crippen molar-refractivity contribution < 1.29 is 9.59 Å². The minimum atomic E-state index is -0.672. The second-order valence-corrected chi connectivity index (χ2v) is 8.61. The third-order valence-corrected chi connectivity index (χ3v) is 5.72. The SMILES string of the molecule is Cc1ccc(CC(=O)[C@H](Cc2ccccc2)NC(=O)/C=C/c2cc(Cl)ccc2-n2cnnn2)cc1. The first-order chi connectivity index (χ1) is 17.0. The molecule has 1 amide bonds. The molecule has 4 aromatic rings. The summed E-state index contributed by atoms with van der Waals surface area (Å²) < 4.78 is 1.48. The van der Waals surface area contributed by atoms with E-state index >= 15 is 0 Å². The van der Waals surface area contributed by atoms with Gasteiger partial charge in [-0.15, -0.1) is 5.10 Å². The van der Waals surface area contributed by atoms with Crippen molar-refractivity contribution in [2.45, 2.75) is 25.8 Å². The lowest BCUT2D eigenvalue weighted by Gasteiger charge is -2.17. The fraction of sp³-hybridized carbons (Fsp3) is 0.148. The van der Waals surface area contributed by atoms with Crippen LogP contribution in [0.5, 0.6) is 0 Å². The molecule has 1 atom stereocenters.